The number of benzene rings is 1. The lowest BCUT2D eigenvalue weighted by molar-refractivity contribution is 0.244. The van der Waals surface area contributed by atoms with Crippen LogP contribution < -0.4 is 11.1 Å². The van der Waals surface area contributed by atoms with E-state index in [4.69, 9.17) is 10.8 Å². The quantitative estimate of drug-likeness (QED) is 0.707. The molecular formula is C16H26N2O. The molecule has 0 aromatic heterocycles. The predicted molar refractivity (Wildman–Crippen MR) is 78.8 cm³/mol. The minimum absolute atomic E-state index is 0.163. The largest absolute Gasteiger partial charge is 0.396 e. The van der Waals surface area contributed by atoms with Crippen LogP contribution in [0.15, 0.2) is 24.3 Å². The number of nitrogens with one attached hydrogen (secondary N) is 1. The molecule has 3 nitrogen and oxygen atoms in total. The third-order valence-electron chi connectivity index (χ3n) is 4.15. The maximum Gasteiger partial charge on any atom is 0.0434 e. The van der Waals surface area contributed by atoms with E-state index < -0.39 is 0 Å². The molecule has 3 heteroatoms. The Morgan fingerprint density at radius 1 is 1.32 bits per heavy atom. The van der Waals surface area contributed by atoms with Crippen LogP contribution in [0.4, 0.5) is 0 Å². The van der Waals surface area contributed by atoms with Crippen molar-refractivity contribution in [2.45, 2.75) is 44.7 Å². The fourth-order valence-corrected chi connectivity index (χ4v) is 3.12. The smallest absolute Gasteiger partial charge is 0.0434 e. The first-order chi connectivity index (χ1) is 9.26. The molecule has 0 aliphatic heterocycles. The Balaban J connectivity index is 1.93. The summed E-state index contributed by atoms with van der Waals surface area (Å²) in [6.45, 7) is 3.46. The summed E-state index contributed by atoms with van der Waals surface area (Å²) >= 11 is 0. The zero-order chi connectivity index (χ0) is 13.7. The third-order valence-corrected chi connectivity index (χ3v) is 4.15. The van der Waals surface area contributed by atoms with Crippen LogP contribution in [0.3, 0.4) is 0 Å². The Labute approximate surface area is 116 Å². The SMILES string of the molecule is CCCC(CCO)CNC1CC(N)c2ccccc21. The predicted octanol–water partition coefficient (Wildman–Crippen LogP) is 2.52. The molecule has 4 N–H and O–H groups in total. The molecule has 1 aromatic rings. The molecule has 3 unspecified atom stereocenters. The lowest BCUT2D eigenvalue weighted by Gasteiger charge is -2.20. The first-order valence-corrected chi connectivity index (χ1v) is 7.44. The van der Waals surface area contributed by atoms with Crippen LogP contribution in [-0.2, 0) is 0 Å². The minimum atomic E-state index is 0.163. The van der Waals surface area contributed by atoms with Gasteiger partial charge in [-0.05, 0) is 42.9 Å². The number of aliphatic hydroxyl groups is 1. The molecule has 0 radical (unpaired) electrons. The molecule has 106 valence electrons. The molecule has 1 aromatic carbocycles. The van der Waals surface area contributed by atoms with Crippen molar-refractivity contribution >= 4 is 0 Å². The Morgan fingerprint density at radius 2 is 2.05 bits per heavy atom. The fourth-order valence-electron chi connectivity index (χ4n) is 3.12. The monoisotopic (exact) mass is 262 g/mol. The second kappa shape index (κ2) is 7.04. The maximum atomic E-state index is 9.11. The van der Waals surface area contributed by atoms with Crippen molar-refractivity contribution in [2.24, 2.45) is 11.7 Å². The number of hydrogen-bond donors (Lipinski definition) is 3. The van der Waals surface area contributed by atoms with Gasteiger partial charge in [0.1, 0.15) is 0 Å². The van der Waals surface area contributed by atoms with E-state index in [1.165, 1.54) is 24.0 Å². The lowest BCUT2D eigenvalue weighted by atomic mass is 9.99. The lowest BCUT2D eigenvalue weighted by Crippen LogP contribution is -2.27. The van der Waals surface area contributed by atoms with Crippen molar-refractivity contribution in [2.75, 3.05) is 13.2 Å². The maximum absolute atomic E-state index is 9.11. The van der Waals surface area contributed by atoms with Crippen molar-refractivity contribution in [1.82, 2.24) is 5.32 Å². The highest BCUT2D eigenvalue weighted by atomic mass is 16.3. The van der Waals surface area contributed by atoms with Crippen LogP contribution in [0, 0.1) is 5.92 Å². The molecule has 19 heavy (non-hydrogen) atoms. The summed E-state index contributed by atoms with van der Waals surface area (Å²) < 4.78 is 0. The zero-order valence-electron chi connectivity index (χ0n) is 11.8. The van der Waals surface area contributed by atoms with Crippen LogP contribution in [-0.4, -0.2) is 18.3 Å². The first-order valence-electron chi connectivity index (χ1n) is 7.44. The van der Waals surface area contributed by atoms with E-state index in [2.05, 4.69) is 36.5 Å². The second-order valence-electron chi connectivity index (χ2n) is 5.60. The normalized spacial score (nSPS) is 23.3. The van der Waals surface area contributed by atoms with Crippen molar-refractivity contribution in [3.05, 3.63) is 35.4 Å². The van der Waals surface area contributed by atoms with E-state index in [0.29, 0.717) is 12.0 Å². The molecule has 0 saturated carbocycles. The average molecular weight is 262 g/mol. The van der Waals surface area contributed by atoms with Crippen molar-refractivity contribution in [3.8, 4) is 0 Å². The van der Waals surface area contributed by atoms with E-state index in [1.54, 1.807) is 0 Å². The summed E-state index contributed by atoms with van der Waals surface area (Å²) in [6, 6.07) is 9.01. The van der Waals surface area contributed by atoms with Gasteiger partial charge in [-0.15, -0.1) is 0 Å². The summed E-state index contributed by atoms with van der Waals surface area (Å²) in [7, 11) is 0. The van der Waals surface area contributed by atoms with Gasteiger partial charge >= 0.3 is 0 Å². The third kappa shape index (κ3) is 3.56. The van der Waals surface area contributed by atoms with Crippen molar-refractivity contribution < 1.29 is 5.11 Å². The summed E-state index contributed by atoms with van der Waals surface area (Å²) in [6.07, 6.45) is 4.22. The van der Waals surface area contributed by atoms with E-state index in [-0.39, 0.29) is 12.6 Å². The highest BCUT2D eigenvalue weighted by molar-refractivity contribution is 5.37. The summed E-state index contributed by atoms with van der Waals surface area (Å²) in [5, 5.41) is 12.8. The van der Waals surface area contributed by atoms with Gasteiger partial charge in [-0.1, -0.05) is 37.6 Å². The molecule has 1 aliphatic carbocycles. The van der Waals surface area contributed by atoms with E-state index in [9.17, 15) is 0 Å². The van der Waals surface area contributed by atoms with Gasteiger partial charge in [0, 0.05) is 18.7 Å². The van der Waals surface area contributed by atoms with Crippen molar-refractivity contribution in [3.63, 3.8) is 0 Å². The molecule has 0 saturated heterocycles. The highest BCUT2D eigenvalue weighted by Gasteiger charge is 2.28. The molecular weight excluding hydrogens is 236 g/mol. The van der Waals surface area contributed by atoms with Gasteiger partial charge in [0.25, 0.3) is 0 Å². The van der Waals surface area contributed by atoms with Gasteiger partial charge in [-0.3, -0.25) is 0 Å². The first kappa shape index (κ1) is 14.5. The Kier molecular flexibility index (Phi) is 5.37. The van der Waals surface area contributed by atoms with Gasteiger partial charge in [-0.25, -0.2) is 0 Å². The fraction of sp³-hybridized carbons (Fsp3) is 0.625. The molecule has 0 amide bonds. The molecule has 0 fully saturated rings. The molecule has 1 aliphatic rings. The topological polar surface area (TPSA) is 58.3 Å². The number of nitrogens with two attached hydrogens (primary N) is 1. The highest BCUT2D eigenvalue weighted by Crippen LogP contribution is 2.37. The molecule has 3 atom stereocenters. The van der Waals surface area contributed by atoms with Gasteiger partial charge in [0.2, 0.25) is 0 Å². The molecule has 2 rings (SSSR count). The summed E-state index contributed by atoms with van der Waals surface area (Å²) in [4.78, 5) is 0. The molecule has 0 spiro atoms. The summed E-state index contributed by atoms with van der Waals surface area (Å²) in [5.41, 5.74) is 8.82. The molecule has 0 heterocycles. The van der Waals surface area contributed by atoms with Crippen molar-refractivity contribution in [1.29, 1.82) is 0 Å². The average Bonchev–Trinajstić information content (AvgIpc) is 2.74. The minimum Gasteiger partial charge on any atom is -0.396 e. The number of aliphatic hydroxyl groups excluding tert-OH is 1. The summed E-state index contributed by atoms with van der Waals surface area (Å²) in [5.74, 6) is 0.569. The zero-order valence-corrected chi connectivity index (χ0v) is 11.8. The Bertz CT molecular complexity index is 388. The van der Waals surface area contributed by atoms with Crippen LogP contribution in [0.1, 0.15) is 55.8 Å². The van der Waals surface area contributed by atoms with Crippen LogP contribution in [0.5, 0.6) is 0 Å². The number of rotatable bonds is 7. The van der Waals surface area contributed by atoms with E-state index >= 15 is 0 Å². The van der Waals surface area contributed by atoms with E-state index in [1.807, 2.05) is 0 Å². The van der Waals surface area contributed by atoms with Gasteiger partial charge in [0.15, 0.2) is 0 Å². The van der Waals surface area contributed by atoms with E-state index in [0.717, 1.165) is 19.4 Å². The molecule has 0 bridgehead atoms. The van der Waals surface area contributed by atoms with Gasteiger partial charge < -0.3 is 16.2 Å². The van der Waals surface area contributed by atoms with Crippen LogP contribution in [0.2, 0.25) is 0 Å². The van der Waals surface area contributed by atoms with Gasteiger partial charge in [-0.2, -0.15) is 0 Å². The number of fused-ring (bicyclic) bond motifs is 1. The number of hydrogen-bond acceptors (Lipinski definition) is 3. The Morgan fingerprint density at radius 3 is 2.74 bits per heavy atom. The van der Waals surface area contributed by atoms with Gasteiger partial charge in [0.05, 0.1) is 0 Å². The standard InChI is InChI=1S/C16H26N2O/c1-2-5-12(8-9-19)11-18-16-10-15(17)13-6-3-4-7-14(13)16/h3-4,6-7,12,15-16,18-19H,2,5,8-11,17H2,1H3. The van der Waals surface area contributed by atoms with Crippen LogP contribution in [0.25, 0.3) is 0 Å². The van der Waals surface area contributed by atoms with Crippen LogP contribution >= 0.6 is 0 Å². The second-order valence-corrected chi connectivity index (χ2v) is 5.60. The Hall–Kier alpha value is -0.900.